The molecule has 0 spiro atoms. The van der Waals surface area contributed by atoms with Crippen LogP contribution in [0.1, 0.15) is 0 Å². The van der Waals surface area contributed by atoms with Crippen molar-refractivity contribution >= 4 is 89.2 Å². The first-order valence-electron chi connectivity index (χ1n) is 22.4. The van der Waals surface area contributed by atoms with Crippen LogP contribution in [-0.4, -0.2) is 12.6 Å². The zero-order chi connectivity index (χ0) is 43.2. The minimum absolute atomic E-state index is 1.10. The first-order valence-corrected chi connectivity index (χ1v) is 24.4. The first-order chi connectivity index (χ1) is 32.3. The van der Waals surface area contributed by atoms with Crippen molar-refractivity contribution in [1.29, 1.82) is 0 Å². The standard InChI is InChI=1S/C62H44N2Si/c1-5-21-48(22-6-1)63-58-33-18-17-32-57(58)62-59(63)34-19-35-60(62)64(61-44-47-20-13-14-29-54(47)55-30-15-16-31-56(55)61)49-40-36-45(37-41-49)46-38-42-53(43-39-46)65(50-23-7-2-8-24-50,51-25-9-3-10-26-51)52-27-11-4-12-28-52/h1-44H. The molecule has 0 saturated carbocycles. The molecule has 0 amide bonds. The summed E-state index contributed by atoms with van der Waals surface area (Å²) in [6, 6.07) is 98.4. The second-order valence-corrected chi connectivity index (χ2v) is 20.6. The summed E-state index contributed by atoms with van der Waals surface area (Å²) in [5.74, 6) is 0. The van der Waals surface area contributed by atoms with E-state index < -0.39 is 8.07 Å². The molecule has 0 fully saturated rings. The van der Waals surface area contributed by atoms with Crippen LogP contribution in [0.5, 0.6) is 0 Å². The summed E-state index contributed by atoms with van der Waals surface area (Å²) in [4.78, 5) is 2.49. The van der Waals surface area contributed by atoms with E-state index in [1.54, 1.807) is 0 Å². The third kappa shape index (κ3) is 6.39. The van der Waals surface area contributed by atoms with E-state index in [2.05, 4.69) is 276 Å². The highest BCUT2D eigenvalue weighted by Gasteiger charge is 2.41. The Morgan fingerprint density at radius 2 is 0.769 bits per heavy atom. The molecule has 0 unspecified atom stereocenters. The van der Waals surface area contributed by atoms with E-state index in [4.69, 9.17) is 0 Å². The van der Waals surface area contributed by atoms with E-state index in [0.29, 0.717) is 0 Å². The normalized spacial score (nSPS) is 11.7. The molecule has 0 aliphatic rings. The summed E-state index contributed by atoms with van der Waals surface area (Å²) in [6.07, 6.45) is 0. The SMILES string of the molecule is c1ccc(-n2c3ccccc3c3c(N(c4ccc(-c5ccc([Si](c6ccccc6)(c6ccccc6)c6ccccc6)cc5)cc4)c4cc5ccccc5c5ccccc45)cccc32)cc1. The molecular formula is C62H44N2Si. The molecule has 0 aliphatic heterocycles. The van der Waals surface area contributed by atoms with E-state index in [-0.39, 0.29) is 0 Å². The third-order valence-electron chi connectivity index (χ3n) is 13.3. The Morgan fingerprint density at radius 1 is 0.308 bits per heavy atom. The van der Waals surface area contributed by atoms with Gasteiger partial charge in [0.15, 0.2) is 8.07 Å². The van der Waals surface area contributed by atoms with Crippen LogP contribution in [0.15, 0.2) is 267 Å². The van der Waals surface area contributed by atoms with Crippen molar-refractivity contribution in [1.82, 2.24) is 4.57 Å². The minimum atomic E-state index is -2.64. The molecule has 1 heterocycles. The average Bonchev–Trinajstić information content (AvgIpc) is 3.73. The molecule has 0 aliphatic carbocycles. The Balaban J connectivity index is 1.03. The molecule has 65 heavy (non-hydrogen) atoms. The fourth-order valence-corrected chi connectivity index (χ4v) is 15.2. The van der Waals surface area contributed by atoms with Gasteiger partial charge in [0.2, 0.25) is 0 Å². The van der Waals surface area contributed by atoms with Crippen LogP contribution in [0.4, 0.5) is 17.1 Å². The van der Waals surface area contributed by atoms with Crippen molar-refractivity contribution in [2.75, 3.05) is 4.90 Å². The number of hydrogen-bond acceptors (Lipinski definition) is 1. The first kappa shape index (κ1) is 38.4. The maximum atomic E-state index is 2.49. The lowest BCUT2D eigenvalue weighted by Crippen LogP contribution is -2.74. The summed E-state index contributed by atoms with van der Waals surface area (Å²) in [5, 5.41) is 12.8. The van der Waals surface area contributed by atoms with E-state index in [1.165, 1.54) is 75.2 Å². The van der Waals surface area contributed by atoms with Gasteiger partial charge in [-0.2, -0.15) is 0 Å². The molecule has 0 saturated heterocycles. The van der Waals surface area contributed by atoms with E-state index in [0.717, 1.165) is 22.7 Å². The summed E-state index contributed by atoms with van der Waals surface area (Å²) in [6.45, 7) is 0. The monoisotopic (exact) mass is 844 g/mol. The van der Waals surface area contributed by atoms with Crippen molar-refractivity contribution in [2.45, 2.75) is 0 Å². The van der Waals surface area contributed by atoms with Crippen molar-refractivity contribution in [3.05, 3.63) is 267 Å². The number of aromatic nitrogens is 1. The van der Waals surface area contributed by atoms with Gasteiger partial charge in [-0.05, 0) is 96.6 Å². The van der Waals surface area contributed by atoms with Crippen LogP contribution in [0, 0.1) is 0 Å². The summed E-state index contributed by atoms with van der Waals surface area (Å²) >= 11 is 0. The predicted molar refractivity (Wildman–Crippen MR) is 280 cm³/mol. The quantitative estimate of drug-likeness (QED) is 0.0798. The highest BCUT2D eigenvalue weighted by molar-refractivity contribution is 7.19. The molecule has 12 aromatic rings. The van der Waals surface area contributed by atoms with Crippen LogP contribution in [0.3, 0.4) is 0 Å². The average molecular weight is 845 g/mol. The van der Waals surface area contributed by atoms with Gasteiger partial charge < -0.3 is 9.47 Å². The van der Waals surface area contributed by atoms with Gasteiger partial charge in [0.25, 0.3) is 0 Å². The van der Waals surface area contributed by atoms with Crippen molar-refractivity contribution < 1.29 is 0 Å². The van der Waals surface area contributed by atoms with Crippen molar-refractivity contribution in [3.63, 3.8) is 0 Å². The number of fused-ring (bicyclic) bond motifs is 6. The zero-order valence-electron chi connectivity index (χ0n) is 35.8. The number of anilines is 3. The molecule has 0 atom stereocenters. The lowest BCUT2D eigenvalue weighted by molar-refractivity contribution is 1.18. The molecule has 2 nitrogen and oxygen atoms in total. The van der Waals surface area contributed by atoms with Gasteiger partial charge in [-0.3, -0.25) is 0 Å². The molecule has 306 valence electrons. The maximum absolute atomic E-state index is 2.64. The number of benzene rings is 11. The van der Waals surface area contributed by atoms with Gasteiger partial charge in [-0.15, -0.1) is 0 Å². The highest BCUT2D eigenvalue weighted by atomic mass is 28.3. The largest absolute Gasteiger partial charge is 0.309 e. The Labute approximate surface area is 380 Å². The lowest BCUT2D eigenvalue weighted by Gasteiger charge is -2.34. The fourth-order valence-electron chi connectivity index (χ4n) is 10.4. The Kier molecular flexibility index (Phi) is 9.55. The fraction of sp³-hybridized carbons (Fsp3) is 0. The number of nitrogens with zero attached hydrogens (tertiary/aromatic N) is 2. The van der Waals surface area contributed by atoms with Gasteiger partial charge in [0.05, 0.1) is 22.4 Å². The topological polar surface area (TPSA) is 8.17 Å². The van der Waals surface area contributed by atoms with Gasteiger partial charge in [-0.1, -0.05) is 218 Å². The minimum Gasteiger partial charge on any atom is -0.309 e. The van der Waals surface area contributed by atoms with E-state index in [9.17, 15) is 0 Å². The molecule has 0 bridgehead atoms. The molecule has 3 heteroatoms. The van der Waals surface area contributed by atoms with Gasteiger partial charge in [0.1, 0.15) is 0 Å². The Bertz CT molecular complexity index is 3530. The lowest BCUT2D eigenvalue weighted by atomic mass is 9.98. The van der Waals surface area contributed by atoms with Crippen LogP contribution in [-0.2, 0) is 0 Å². The number of hydrogen-bond donors (Lipinski definition) is 0. The van der Waals surface area contributed by atoms with Crippen LogP contribution in [0.2, 0.25) is 0 Å². The Morgan fingerprint density at radius 3 is 1.38 bits per heavy atom. The Hall–Kier alpha value is -8.24. The maximum Gasteiger partial charge on any atom is 0.179 e. The summed E-state index contributed by atoms with van der Waals surface area (Å²) in [5.41, 5.74) is 9.23. The van der Waals surface area contributed by atoms with Gasteiger partial charge >= 0.3 is 0 Å². The highest BCUT2D eigenvalue weighted by Crippen LogP contribution is 2.47. The van der Waals surface area contributed by atoms with Crippen LogP contribution >= 0.6 is 0 Å². The zero-order valence-corrected chi connectivity index (χ0v) is 36.8. The van der Waals surface area contributed by atoms with E-state index >= 15 is 0 Å². The van der Waals surface area contributed by atoms with Crippen molar-refractivity contribution in [2.24, 2.45) is 0 Å². The molecule has 11 aromatic carbocycles. The summed E-state index contributed by atoms with van der Waals surface area (Å²) < 4.78 is 2.41. The van der Waals surface area contributed by atoms with Crippen LogP contribution < -0.4 is 25.6 Å². The molecular weight excluding hydrogens is 801 g/mol. The van der Waals surface area contributed by atoms with Crippen LogP contribution in [0.25, 0.3) is 60.2 Å². The number of rotatable bonds is 9. The smallest absolute Gasteiger partial charge is 0.179 e. The molecule has 0 radical (unpaired) electrons. The molecule has 0 N–H and O–H groups in total. The molecule has 1 aromatic heterocycles. The van der Waals surface area contributed by atoms with Crippen molar-refractivity contribution in [3.8, 4) is 16.8 Å². The van der Waals surface area contributed by atoms with Gasteiger partial charge in [-0.25, -0.2) is 0 Å². The summed E-state index contributed by atoms with van der Waals surface area (Å²) in [7, 11) is -2.64. The second-order valence-electron chi connectivity index (χ2n) is 16.8. The predicted octanol–water partition coefficient (Wildman–Crippen LogP) is 13.6. The molecule has 12 rings (SSSR count). The number of para-hydroxylation sites is 2. The third-order valence-corrected chi connectivity index (χ3v) is 18.1. The second kappa shape index (κ2) is 16.1. The van der Waals surface area contributed by atoms with Gasteiger partial charge in [0, 0.05) is 27.5 Å². The van der Waals surface area contributed by atoms with E-state index in [1.807, 2.05) is 0 Å².